The van der Waals surface area contributed by atoms with Crippen molar-refractivity contribution in [3.05, 3.63) is 77.9 Å². The highest BCUT2D eigenvalue weighted by molar-refractivity contribution is 5.88. The Kier molecular flexibility index (Phi) is 9.28. The SMILES string of the molecule is CCCOCCOc1ccc(C2=CC=C(C(=O)O)CCC[N+]2(CCC)c2ccccc2)cc1. The van der Waals surface area contributed by atoms with Crippen LogP contribution < -0.4 is 9.22 Å². The highest BCUT2D eigenvalue weighted by atomic mass is 16.5. The lowest BCUT2D eigenvalue weighted by Crippen LogP contribution is -2.49. The summed E-state index contributed by atoms with van der Waals surface area (Å²) < 4.78 is 12.0. The molecule has 0 saturated carbocycles. The molecule has 5 nitrogen and oxygen atoms in total. The van der Waals surface area contributed by atoms with Crippen molar-refractivity contribution in [2.24, 2.45) is 0 Å². The number of rotatable bonds is 11. The topological polar surface area (TPSA) is 55.8 Å². The van der Waals surface area contributed by atoms with Crippen molar-refractivity contribution in [1.82, 2.24) is 4.48 Å². The normalized spacial score (nSPS) is 18.6. The molecule has 1 N–H and O–H groups in total. The van der Waals surface area contributed by atoms with Crippen molar-refractivity contribution in [2.45, 2.75) is 39.5 Å². The number of carbonyl (C=O) groups is 1. The predicted molar refractivity (Wildman–Crippen MR) is 134 cm³/mol. The lowest BCUT2D eigenvalue weighted by Gasteiger charge is -2.40. The molecule has 1 atom stereocenters. The molecule has 33 heavy (non-hydrogen) atoms. The summed E-state index contributed by atoms with van der Waals surface area (Å²) >= 11 is 0. The Labute approximate surface area is 197 Å². The van der Waals surface area contributed by atoms with E-state index in [9.17, 15) is 9.90 Å². The maximum atomic E-state index is 11.7. The van der Waals surface area contributed by atoms with Gasteiger partial charge >= 0.3 is 5.97 Å². The molecule has 2 aromatic rings. The maximum absolute atomic E-state index is 11.7. The summed E-state index contributed by atoms with van der Waals surface area (Å²) in [6.07, 6.45) is 7.20. The van der Waals surface area contributed by atoms with Crippen LogP contribution >= 0.6 is 0 Å². The van der Waals surface area contributed by atoms with Crippen LogP contribution in [-0.4, -0.2) is 44.0 Å². The number of para-hydroxylation sites is 1. The highest BCUT2D eigenvalue weighted by Gasteiger charge is 2.36. The number of nitrogens with zero attached hydrogens (tertiary/aromatic N) is 1. The van der Waals surface area contributed by atoms with Gasteiger partial charge in [-0.15, -0.1) is 0 Å². The van der Waals surface area contributed by atoms with Gasteiger partial charge in [0.2, 0.25) is 0 Å². The Morgan fingerprint density at radius 2 is 1.70 bits per heavy atom. The van der Waals surface area contributed by atoms with E-state index in [1.807, 2.05) is 24.3 Å². The molecule has 1 heterocycles. The first-order valence-electron chi connectivity index (χ1n) is 12.0. The number of allylic oxidation sites excluding steroid dienone is 2. The molecule has 0 spiro atoms. The molecule has 0 aromatic heterocycles. The number of benzene rings is 2. The third-order valence-corrected chi connectivity index (χ3v) is 6.01. The minimum atomic E-state index is -0.838. The molecule has 2 aromatic carbocycles. The van der Waals surface area contributed by atoms with Gasteiger partial charge in [0, 0.05) is 30.2 Å². The van der Waals surface area contributed by atoms with E-state index < -0.39 is 5.97 Å². The van der Waals surface area contributed by atoms with Crippen LogP contribution in [0.25, 0.3) is 5.70 Å². The first-order valence-corrected chi connectivity index (χ1v) is 12.0. The Balaban J connectivity index is 1.98. The Hall–Kier alpha value is -2.89. The number of aliphatic carboxylic acids is 1. The lowest BCUT2D eigenvalue weighted by molar-refractivity contribution is -0.132. The third-order valence-electron chi connectivity index (χ3n) is 6.01. The molecule has 0 bridgehead atoms. The number of carboxylic acids is 1. The lowest BCUT2D eigenvalue weighted by atomic mass is 9.99. The smallest absolute Gasteiger partial charge is 0.331 e. The van der Waals surface area contributed by atoms with Crippen LogP contribution in [0.5, 0.6) is 5.75 Å². The fourth-order valence-electron chi connectivity index (χ4n) is 4.50. The van der Waals surface area contributed by atoms with Gasteiger partial charge in [-0.3, -0.25) is 4.48 Å². The monoisotopic (exact) mass is 450 g/mol. The molecule has 0 amide bonds. The quantitative estimate of drug-likeness (QED) is 0.334. The fourth-order valence-corrected chi connectivity index (χ4v) is 4.50. The standard InChI is InChI=1S/C28H35NO4/c1-3-18-29(25-10-6-5-7-11-25)19-8-9-24(28(30)31)14-17-27(29)23-12-15-26(16-13-23)33-22-21-32-20-4-2/h5-7,10-17H,3-4,8-9,18-22H2,1-2H3/p+1. The van der Waals surface area contributed by atoms with E-state index in [1.54, 1.807) is 6.08 Å². The Morgan fingerprint density at radius 1 is 0.939 bits per heavy atom. The maximum Gasteiger partial charge on any atom is 0.331 e. The molecular weight excluding hydrogens is 414 g/mol. The van der Waals surface area contributed by atoms with Crippen molar-refractivity contribution >= 4 is 17.4 Å². The summed E-state index contributed by atoms with van der Waals surface area (Å²) in [6, 6.07) is 18.7. The van der Waals surface area contributed by atoms with Gasteiger partial charge in [0.25, 0.3) is 0 Å². The van der Waals surface area contributed by atoms with Crippen molar-refractivity contribution in [2.75, 3.05) is 32.9 Å². The molecule has 0 radical (unpaired) electrons. The molecule has 176 valence electrons. The first-order chi connectivity index (χ1) is 16.1. The second-order valence-corrected chi connectivity index (χ2v) is 8.39. The first kappa shape index (κ1) is 24.7. The van der Waals surface area contributed by atoms with E-state index in [2.05, 4.69) is 50.2 Å². The summed E-state index contributed by atoms with van der Waals surface area (Å²) in [5.74, 6) is -0.0322. The van der Waals surface area contributed by atoms with Gasteiger partial charge in [-0.05, 0) is 61.7 Å². The van der Waals surface area contributed by atoms with E-state index in [-0.39, 0.29) is 0 Å². The van der Waals surface area contributed by atoms with Crippen LogP contribution in [0.15, 0.2) is 72.3 Å². The van der Waals surface area contributed by atoms with Gasteiger partial charge in [0.15, 0.2) is 0 Å². The highest BCUT2D eigenvalue weighted by Crippen LogP contribution is 2.38. The van der Waals surface area contributed by atoms with Crippen molar-refractivity contribution in [3.63, 3.8) is 0 Å². The second kappa shape index (κ2) is 12.4. The average Bonchev–Trinajstić information content (AvgIpc) is 2.82. The molecule has 1 unspecified atom stereocenters. The Bertz CT molecular complexity index is 950. The summed E-state index contributed by atoms with van der Waals surface area (Å²) in [5, 5.41) is 9.61. The summed E-state index contributed by atoms with van der Waals surface area (Å²) in [4.78, 5) is 11.7. The third kappa shape index (κ3) is 6.34. The largest absolute Gasteiger partial charge is 0.491 e. The van der Waals surface area contributed by atoms with Gasteiger partial charge in [-0.2, -0.15) is 0 Å². The van der Waals surface area contributed by atoms with Crippen LogP contribution in [0.3, 0.4) is 0 Å². The Morgan fingerprint density at radius 3 is 2.36 bits per heavy atom. The van der Waals surface area contributed by atoms with Crippen LogP contribution in [0.1, 0.15) is 45.1 Å². The van der Waals surface area contributed by atoms with Gasteiger partial charge in [-0.1, -0.05) is 32.0 Å². The number of carboxylic acid groups (broad SMARTS) is 1. The molecule has 1 aliphatic heterocycles. The molecule has 5 heteroatoms. The number of ether oxygens (including phenoxy) is 2. The van der Waals surface area contributed by atoms with E-state index in [4.69, 9.17) is 9.47 Å². The van der Waals surface area contributed by atoms with E-state index in [0.29, 0.717) is 29.7 Å². The molecule has 3 rings (SSSR count). The summed E-state index contributed by atoms with van der Waals surface area (Å²) in [6.45, 7) is 7.93. The predicted octanol–water partition coefficient (Wildman–Crippen LogP) is 6.06. The van der Waals surface area contributed by atoms with Crippen molar-refractivity contribution in [3.8, 4) is 5.75 Å². The summed E-state index contributed by atoms with van der Waals surface area (Å²) in [5.41, 5.74) is 3.87. The van der Waals surface area contributed by atoms with E-state index in [1.165, 1.54) is 5.69 Å². The average molecular weight is 451 g/mol. The molecule has 1 aliphatic rings. The van der Waals surface area contributed by atoms with Gasteiger partial charge in [0.05, 0.1) is 19.7 Å². The minimum Gasteiger partial charge on any atom is -0.491 e. The van der Waals surface area contributed by atoms with E-state index >= 15 is 0 Å². The van der Waals surface area contributed by atoms with Gasteiger partial charge in [0.1, 0.15) is 23.7 Å². The number of quaternary nitrogens is 1. The van der Waals surface area contributed by atoms with Crippen LogP contribution in [0.4, 0.5) is 5.69 Å². The van der Waals surface area contributed by atoms with E-state index in [0.717, 1.165) is 56.0 Å². The summed E-state index contributed by atoms with van der Waals surface area (Å²) in [7, 11) is 0. The van der Waals surface area contributed by atoms with Crippen LogP contribution in [-0.2, 0) is 9.53 Å². The zero-order valence-corrected chi connectivity index (χ0v) is 19.8. The fraction of sp³-hybridized carbons (Fsp3) is 0.393. The molecule has 0 fully saturated rings. The second-order valence-electron chi connectivity index (χ2n) is 8.39. The van der Waals surface area contributed by atoms with Crippen LogP contribution in [0, 0.1) is 0 Å². The zero-order chi connectivity index (χ0) is 23.5. The van der Waals surface area contributed by atoms with Crippen LogP contribution in [0.2, 0.25) is 0 Å². The van der Waals surface area contributed by atoms with Crippen molar-refractivity contribution in [1.29, 1.82) is 0 Å². The van der Waals surface area contributed by atoms with Crippen molar-refractivity contribution < 1.29 is 19.4 Å². The molecule has 0 aliphatic carbocycles. The number of hydrogen-bond acceptors (Lipinski definition) is 3. The zero-order valence-electron chi connectivity index (χ0n) is 19.8. The van der Waals surface area contributed by atoms with Gasteiger partial charge < -0.3 is 14.6 Å². The van der Waals surface area contributed by atoms with Gasteiger partial charge in [-0.25, -0.2) is 4.79 Å². The molecular formula is C28H36NO4+. The number of hydrogen-bond donors (Lipinski definition) is 1. The minimum absolute atomic E-state index is 0.460. The molecule has 0 saturated heterocycles.